The van der Waals surface area contributed by atoms with Crippen LogP contribution >= 0.6 is 0 Å². The fourth-order valence-electron chi connectivity index (χ4n) is 2.75. The number of nitrogen functional groups attached to an aromatic ring is 1. The Kier molecular flexibility index (Phi) is 5.01. The first-order valence-corrected chi connectivity index (χ1v) is 7.48. The second-order valence-electron chi connectivity index (χ2n) is 5.79. The van der Waals surface area contributed by atoms with Crippen LogP contribution in [-0.4, -0.2) is 36.5 Å². The predicted octanol–water partition coefficient (Wildman–Crippen LogP) is 2.50. The molecule has 4 heteroatoms. The first-order valence-electron chi connectivity index (χ1n) is 7.48. The highest BCUT2D eigenvalue weighted by Crippen LogP contribution is 2.20. The minimum Gasteiger partial charge on any atom is -0.399 e. The van der Waals surface area contributed by atoms with Crippen molar-refractivity contribution in [1.29, 1.82) is 0 Å². The molecule has 1 aromatic rings. The molecule has 0 aromatic heterocycles. The van der Waals surface area contributed by atoms with E-state index in [4.69, 9.17) is 5.73 Å². The summed E-state index contributed by atoms with van der Waals surface area (Å²) in [6, 6.07) is 7.68. The monoisotopic (exact) mass is 275 g/mol. The van der Waals surface area contributed by atoms with E-state index in [2.05, 4.69) is 4.90 Å². The van der Waals surface area contributed by atoms with Crippen LogP contribution in [0.2, 0.25) is 0 Å². The van der Waals surface area contributed by atoms with Crippen molar-refractivity contribution in [1.82, 2.24) is 4.90 Å². The zero-order chi connectivity index (χ0) is 14.5. The van der Waals surface area contributed by atoms with Crippen molar-refractivity contribution in [2.24, 2.45) is 0 Å². The van der Waals surface area contributed by atoms with Crippen LogP contribution in [0.25, 0.3) is 0 Å². The third-order valence-electron chi connectivity index (χ3n) is 3.76. The average Bonchev–Trinajstić information content (AvgIpc) is 2.42. The number of hydrogen-bond acceptors (Lipinski definition) is 3. The molecule has 0 atom stereocenters. The summed E-state index contributed by atoms with van der Waals surface area (Å²) in [4.78, 5) is 16.7. The molecule has 1 saturated heterocycles. The van der Waals surface area contributed by atoms with Gasteiger partial charge in [-0.2, -0.15) is 0 Å². The molecule has 2 rings (SSSR count). The number of nitrogens with zero attached hydrogens (tertiary/aromatic N) is 2. The Bertz CT molecular complexity index is 436. The lowest BCUT2D eigenvalue weighted by Gasteiger charge is -2.31. The van der Waals surface area contributed by atoms with Gasteiger partial charge in [0.1, 0.15) is 0 Å². The van der Waals surface area contributed by atoms with Crippen molar-refractivity contribution in [2.75, 3.05) is 30.3 Å². The van der Waals surface area contributed by atoms with E-state index in [1.165, 1.54) is 19.3 Å². The maximum atomic E-state index is 12.6. The van der Waals surface area contributed by atoms with Crippen molar-refractivity contribution < 1.29 is 4.79 Å². The minimum absolute atomic E-state index is 0.149. The Morgan fingerprint density at radius 3 is 2.35 bits per heavy atom. The summed E-state index contributed by atoms with van der Waals surface area (Å²) in [6.07, 6.45) is 3.70. The van der Waals surface area contributed by atoms with Gasteiger partial charge in [-0.05, 0) is 64.0 Å². The highest BCUT2D eigenvalue weighted by atomic mass is 16.2. The Morgan fingerprint density at radius 1 is 1.20 bits per heavy atom. The number of likely N-dealkylation sites (tertiary alicyclic amines) is 1. The van der Waals surface area contributed by atoms with E-state index in [9.17, 15) is 4.79 Å². The molecule has 1 heterocycles. The molecular weight excluding hydrogens is 250 g/mol. The molecule has 1 aliphatic rings. The Hall–Kier alpha value is -1.55. The van der Waals surface area contributed by atoms with E-state index in [-0.39, 0.29) is 11.9 Å². The molecule has 20 heavy (non-hydrogen) atoms. The lowest BCUT2D eigenvalue weighted by Crippen LogP contribution is -2.45. The van der Waals surface area contributed by atoms with Crippen molar-refractivity contribution in [2.45, 2.75) is 39.2 Å². The highest BCUT2D eigenvalue weighted by Gasteiger charge is 2.22. The molecule has 0 bridgehead atoms. The molecule has 1 amide bonds. The third-order valence-corrected chi connectivity index (χ3v) is 3.76. The van der Waals surface area contributed by atoms with Gasteiger partial charge in [0.2, 0.25) is 5.91 Å². The van der Waals surface area contributed by atoms with Gasteiger partial charge in [-0.15, -0.1) is 0 Å². The number of nitrogens with two attached hydrogens (primary N) is 1. The first kappa shape index (κ1) is 14.9. The van der Waals surface area contributed by atoms with Crippen LogP contribution < -0.4 is 10.6 Å². The Morgan fingerprint density at radius 2 is 1.80 bits per heavy atom. The summed E-state index contributed by atoms with van der Waals surface area (Å²) in [7, 11) is 0. The molecule has 110 valence electrons. The summed E-state index contributed by atoms with van der Waals surface area (Å²) in [5.74, 6) is 0.173. The summed E-state index contributed by atoms with van der Waals surface area (Å²) in [5, 5.41) is 0. The van der Waals surface area contributed by atoms with Crippen molar-refractivity contribution >= 4 is 17.3 Å². The fraction of sp³-hybridized carbons (Fsp3) is 0.562. The average molecular weight is 275 g/mol. The first-order chi connectivity index (χ1) is 9.58. The molecule has 1 fully saturated rings. The summed E-state index contributed by atoms with van der Waals surface area (Å²) in [6.45, 7) is 6.69. The van der Waals surface area contributed by atoms with E-state index in [0.29, 0.717) is 6.54 Å². The maximum Gasteiger partial charge on any atom is 0.241 e. The minimum atomic E-state index is 0.149. The molecule has 0 saturated carbocycles. The van der Waals surface area contributed by atoms with Crippen LogP contribution in [0.15, 0.2) is 24.3 Å². The van der Waals surface area contributed by atoms with Crippen molar-refractivity contribution in [3.05, 3.63) is 24.3 Å². The van der Waals surface area contributed by atoms with Crippen LogP contribution in [0.1, 0.15) is 33.1 Å². The van der Waals surface area contributed by atoms with Gasteiger partial charge >= 0.3 is 0 Å². The van der Waals surface area contributed by atoms with Crippen LogP contribution in [0.5, 0.6) is 0 Å². The van der Waals surface area contributed by atoms with E-state index in [0.717, 1.165) is 24.5 Å². The van der Waals surface area contributed by atoms with E-state index in [1.807, 2.05) is 43.0 Å². The smallest absolute Gasteiger partial charge is 0.241 e. The largest absolute Gasteiger partial charge is 0.399 e. The second kappa shape index (κ2) is 6.75. The van der Waals surface area contributed by atoms with Crippen molar-refractivity contribution in [3.8, 4) is 0 Å². The third kappa shape index (κ3) is 3.73. The molecule has 0 aliphatic carbocycles. The zero-order valence-electron chi connectivity index (χ0n) is 12.5. The number of amides is 1. The number of carbonyl (C=O) groups is 1. The summed E-state index contributed by atoms with van der Waals surface area (Å²) in [5.41, 5.74) is 7.37. The van der Waals surface area contributed by atoms with Crippen LogP contribution in [0.3, 0.4) is 0 Å². The molecule has 0 spiro atoms. The topological polar surface area (TPSA) is 49.6 Å². The number of carbonyl (C=O) groups excluding carboxylic acids is 1. The summed E-state index contributed by atoms with van der Waals surface area (Å²) < 4.78 is 0. The van der Waals surface area contributed by atoms with E-state index < -0.39 is 0 Å². The Labute approximate surface area is 121 Å². The van der Waals surface area contributed by atoms with Crippen LogP contribution in [-0.2, 0) is 4.79 Å². The molecule has 0 radical (unpaired) electrons. The molecule has 0 unspecified atom stereocenters. The lowest BCUT2D eigenvalue weighted by molar-refractivity contribution is -0.120. The van der Waals surface area contributed by atoms with Gasteiger partial charge in [0, 0.05) is 17.4 Å². The molecular formula is C16H25N3O. The number of benzene rings is 1. The fourth-order valence-corrected chi connectivity index (χ4v) is 2.75. The number of piperidine rings is 1. The zero-order valence-corrected chi connectivity index (χ0v) is 12.5. The van der Waals surface area contributed by atoms with Crippen LogP contribution in [0.4, 0.5) is 11.4 Å². The number of anilines is 2. The molecule has 1 aliphatic heterocycles. The molecule has 1 aromatic carbocycles. The predicted molar refractivity (Wildman–Crippen MR) is 83.8 cm³/mol. The quantitative estimate of drug-likeness (QED) is 0.859. The SMILES string of the molecule is CC(C)N(C(=O)CN1CCCCC1)c1ccc(N)cc1. The van der Waals surface area contributed by atoms with Crippen LogP contribution in [0, 0.1) is 0 Å². The lowest BCUT2D eigenvalue weighted by atomic mass is 10.1. The normalized spacial score (nSPS) is 16.4. The summed E-state index contributed by atoms with van der Waals surface area (Å²) >= 11 is 0. The second-order valence-corrected chi connectivity index (χ2v) is 5.79. The Balaban J connectivity index is 2.07. The highest BCUT2D eigenvalue weighted by molar-refractivity contribution is 5.95. The van der Waals surface area contributed by atoms with E-state index in [1.54, 1.807) is 0 Å². The van der Waals surface area contributed by atoms with Gasteiger partial charge in [-0.1, -0.05) is 6.42 Å². The van der Waals surface area contributed by atoms with E-state index >= 15 is 0 Å². The maximum absolute atomic E-state index is 12.6. The van der Waals surface area contributed by atoms with Gasteiger partial charge < -0.3 is 10.6 Å². The van der Waals surface area contributed by atoms with Gasteiger partial charge in [-0.25, -0.2) is 0 Å². The standard InChI is InChI=1S/C16H25N3O/c1-13(2)19(15-8-6-14(17)7-9-15)16(20)12-18-10-4-3-5-11-18/h6-9,13H,3-5,10-12,17H2,1-2H3. The van der Waals surface area contributed by atoms with Crippen molar-refractivity contribution in [3.63, 3.8) is 0 Å². The molecule has 4 nitrogen and oxygen atoms in total. The van der Waals surface area contributed by atoms with Gasteiger partial charge in [0.15, 0.2) is 0 Å². The number of rotatable bonds is 4. The van der Waals surface area contributed by atoms with Gasteiger partial charge in [-0.3, -0.25) is 9.69 Å². The number of hydrogen-bond donors (Lipinski definition) is 1. The van der Waals surface area contributed by atoms with Gasteiger partial charge in [0.05, 0.1) is 6.54 Å². The molecule has 2 N–H and O–H groups in total. The van der Waals surface area contributed by atoms with Gasteiger partial charge in [0.25, 0.3) is 0 Å².